The summed E-state index contributed by atoms with van der Waals surface area (Å²) in [4.78, 5) is 11.9. The van der Waals surface area contributed by atoms with Gasteiger partial charge in [-0.05, 0) is 12.8 Å². The molecule has 4 nitrogen and oxygen atoms in total. The van der Waals surface area contributed by atoms with Crippen molar-refractivity contribution in [3.8, 4) is 0 Å². The van der Waals surface area contributed by atoms with Crippen LogP contribution in [0.15, 0.2) is 6.33 Å². The Morgan fingerprint density at radius 2 is 1.68 bits per heavy atom. The minimum Gasteiger partial charge on any atom is -0.355 e. The Kier molecular flexibility index (Phi) is 3.20. The molecule has 0 unspecified atom stereocenters. The van der Waals surface area contributed by atoms with Crippen LogP contribution in [0.2, 0.25) is 5.02 Å². The Bertz CT molecular complexity index is 477. The van der Waals surface area contributed by atoms with E-state index in [0.717, 1.165) is 25.9 Å². The molecule has 2 fully saturated rings. The minimum atomic E-state index is -2.65. The van der Waals surface area contributed by atoms with Gasteiger partial charge in [0.25, 0.3) is 5.92 Å². The Balaban J connectivity index is 1.88. The molecule has 2 saturated heterocycles. The summed E-state index contributed by atoms with van der Waals surface area (Å²) in [6, 6.07) is 0. The monoisotopic (exact) mass is 288 g/mol. The molecule has 3 rings (SSSR count). The van der Waals surface area contributed by atoms with Crippen molar-refractivity contribution >= 4 is 23.2 Å². The van der Waals surface area contributed by atoms with Crippen molar-refractivity contribution in [3.05, 3.63) is 11.3 Å². The van der Waals surface area contributed by atoms with Crippen molar-refractivity contribution in [1.82, 2.24) is 9.97 Å². The first-order chi connectivity index (χ1) is 9.07. The zero-order valence-electron chi connectivity index (χ0n) is 10.4. The Hall–Kier alpha value is -1.17. The van der Waals surface area contributed by atoms with Gasteiger partial charge in [-0.2, -0.15) is 0 Å². The molecule has 1 aromatic heterocycles. The fraction of sp³-hybridized carbons (Fsp3) is 0.667. The van der Waals surface area contributed by atoms with Gasteiger partial charge in [-0.15, -0.1) is 0 Å². The fourth-order valence-electron chi connectivity index (χ4n) is 2.64. The highest BCUT2D eigenvalue weighted by Crippen LogP contribution is 2.37. The highest BCUT2D eigenvalue weighted by molar-refractivity contribution is 6.35. The molecular weight excluding hydrogens is 274 g/mol. The van der Waals surface area contributed by atoms with Crippen molar-refractivity contribution in [3.63, 3.8) is 0 Å². The first kappa shape index (κ1) is 12.8. The molecule has 0 N–H and O–H groups in total. The Morgan fingerprint density at radius 1 is 1.05 bits per heavy atom. The minimum absolute atomic E-state index is 0.146. The van der Waals surface area contributed by atoms with Gasteiger partial charge >= 0.3 is 0 Å². The molecule has 104 valence electrons. The van der Waals surface area contributed by atoms with Crippen molar-refractivity contribution in [2.75, 3.05) is 36.0 Å². The fourth-order valence-corrected chi connectivity index (χ4v) is 2.97. The molecule has 0 bridgehead atoms. The lowest BCUT2D eigenvalue weighted by atomic mass is 10.3. The van der Waals surface area contributed by atoms with E-state index in [2.05, 4.69) is 14.9 Å². The predicted molar refractivity (Wildman–Crippen MR) is 70.3 cm³/mol. The van der Waals surface area contributed by atoms with E-state index < -0.39 is 5.92 Å². The van der Waals surface area contributed by atoms with Crippen LogP contribution < -0.4 is 9.80 Å². The second-order valence-corrected chi connectivity index (χ2v) is 5.43. The first-order valence-electron chi connectivity index (χ1n) is 6.45. The quantitative estimate of drug-likeness (QED) is 0.837. The van der Waals surface area contributed by atoms with Crippen molar-refractivity contribution < 1.29 is 8.78 Å². The lowest BCUT2D eigenvalue weighted by Crippen LogP contribution is -2.27. The van der Waals surface area contributed by atoms with Crippen molar-refractivity contribution in [1.29, 1.82) is 0 Å². The van der Waals surface area contributed by atoms with Gasteiger partial charge in [-0.1, -0.05) is 11.6 Å². The highest BCUT2D eigenvalue weighted by Gasteiger charge is 2.39. The maximum Gasteiger partial charge on any atom is 0.266 e. The van der Waals surface area contributed by atoms with Crippen LogP contribution in [-0.4, -0.2) is 42.1 Å². The molecule has 0 radical (unpaired) electrons. The summed E-state index contributed by atoms with van der Waals surface area (Å²) in [6.45, 7) is 1.78. The van der Waals surface area contributed by atoms with Crippen LogP contribution in [0.25, 0.3) is 0 Å². The number of aromatic nitrogens is 2. The zero-order chi connectivity index (χ0) is 13.5. The van der Waals surface area contributed by atoms with E-state index >= 15 is 0 Å². The Labute approximate surface area is 115 Å². The number of nitrogens with zero attached hydrogens (tertiary/aromatic N) is 4. The van der Waals surface area contributed by atoms with E-state index in [4.69, 9.17) is 11.6 Å². The molecular formula is C12H15ClF2N4. The molecule has 19 heavy (non-hydrogen) atoms. The average molecular weight is 289 g/mol. The second kappa shape index (κ2) is 4.74. The van der Waals surface area contributed by atoms with E-state index in [9.17, 15) is 8.78 Å². The molecule has 0 spiro atoms. The van der Waals surface area contributed by atoms with Gasteiger partial charge in [-0.3, -0.25) is 0 Å². The third-order valence-corrected chi connectivity index (χ3v) is 3.97. The summed E-state index contributed by atoms with van der Waals surface area (Å²) in [5.41, 5.74) is 0. The SMILES string of the molecule is FC1(F)CCN(c2ncnc(N3CCCC3)c2Cl)C1. The smallest absolute Gasteiger partial charge is 0.266 e. The standard InChI is InChI=1S/C12H15ClF2N4/c13-9-10(18-4-1-2-5-18)16-8-17-11(9)19-6-3-12(14,15)7-19/h8H,1-7H2. The van der Waals surface area contributed by atoms with Gasteiger partial charge < -0.3 is 9.80 Å². The topological polar surface area (TPSA) is 32.3 Å². The van der Waals surface area contributed by atoms with Gasteiger partial charge in [0, 0.05) is 26.1 Å². The van der Waals surface area contributed by atoms with E-state index in [1.54, 1.807) is 4.90 Å². The highest BCUT2D eigenvalue weighted by atomic mass is 35.5. The molecule has 2 aliphatic heterocycles. The maximum absolute atomic E-state index is 13.3. The Morgan fingerprint density at radius 3 is 2.26 bits per heavy atom. The van der Waals surface area contributed by atoms with Crippen LogP contribution in [-0.2, 0) is 0 Å². The molecule has 3 heterocycles. The second-order valence-electron chi connectivity index (χ2n) is 5.06. The van der Waals surface area contributed by atoms with Gasteiger partial charge in [-0.25, -0.2) is 18.7 Å². The summed E-state index contributed by atoms with van der Waals surface area (Å²) >= 11 is 6.31. The molecule has 0 aromatic carbocycles. The molecule has 7 heteroatoms. The van der Waals surface area contributed by atoms with Gasteiger partial charge in [0.1, 0.15) is 11.3 Å². The third kappa shape index (κ3) is 2.45. The first-order valence-corrected chi connectivity index (χ1v) is 6.83. The summed E-state index contributed by atoms with van der Waals surface area (Å²) in [5.74, 6) is -1.56. The number of halogens is 3. The van der Waals surface area contributed by atoms with Crippen LogP contribution in [0.5, 0.6) is 0 Å². The van der Waals surface area contributed by atoms with Crippen molar-refractivity contribution in [2.45, 2.75) is 25.2 Å². The molecule has 2 aliphatic rings. The maximum atomic E-state index is 13.3. The summed E-state index contributed by atoms with van der Waals surface area (Å²) in [7, 11) is 0. The van der Waals surface area contributed by atoms with Crippen LogP contribution in [0.3, 0.4) is 0 Å². The van der Waals surface area contributed by atoms with E-state index in [-0.39, 0.29) is 19.5 Å². The number of alkyl halides is 2. The van der Waals surface area contributed by atoms with Crippen LogP contribution in [0.4, 0.5) is 20.4 Å². The molecule has 0 amide bonds. The molecule has 0 saturated carbocycles. The van der Waals surface area contributed by atoms with Crippen LogP contribution in [0, 0.1) is 0 Å². The lowest BCUT2D eigenvalue weighted by Gasteiger charge is -2.22. The van der Waals surface area contributed by atoms with Gasteiger partial charge in [0.05, 0.1) is 6.54 Å². The summed E-state index contributed by atoms with van der Waals surface area (Å²) in [6.07, 6.45) is 3.48. The van der Waals surface area contributed by atoms with E-state index in [0.29, 0.717) is 16.7 Å². The molecule has 0 aliphatic carbocycles. The summed E-state index contributed by atoms with van der Waals surface area (Å²) in [5, 5.41) is 0.391. The molecule has 1 aromatic rings. The zero-order valence-corrected chi connectivity index (χ0v) is 11.2. The summed E-state index contributed by atoms with van der Waals surface area (Å²) < 4.78 is 26.5. The van der Waals surface area contributed by atoms with Gasteiger partial charge in [0.15, 0.2) is 11.6 Å². The van der Waals surface area contributed by atoms with Crippen molar-refractivity contribution in [2.24, 2.45) is 0 Å². The van der Waals surface area contributed by atoms with E-state index in [1.165, 1.54) is 6.33 Å². The molecule has 0 atom stereocenters. The number of anilines is 2. The number of hydrogen-bond acceptors (Lipinski definition) is 4. The average Bonchev–Trinajstić information content (AvgIpc) is 2.99. The van der Waals surface area contributed by atoms with E-state index in [1.807, 2.05) is 0 Å². The van der Waals surface area contributed by atoms with Crippen LogP contribution >= 0.6 is 11.6 Å². The normalized spacial score (nSPS) is 22.3. The number of hydrogen-bond donors (Lipinski definition) is 0. The van der Waals surface area contributed by atoms with Crippen LogP contribution in [0.1, 0.15) is 19.3 Å². The third-order valence-electron chi connectivity index (χ3n) is 3.63. The predicted octanol–water partition coefficient (Wildman–Crippen LogP) is 2.58. The largest absolute Gasteiger partial charge is 0.355 e. The lowest BCUT2D eigenvalue weighted by molar-refractivity contribution is 0.0257. The number of rotatable bonds is 2. The van der Waals surface area contributed by atoms with Gasteiger partial charge in [0.2, 0.25) is 0 Å².